The summed E-state index contributed by atoms with van der Waals surface area (Å²) in [7, 11) is 0. The van der Waals surface area contributed by atoms with E-state index in [4.69, 9.17) is 14.2 Å². The van der Waals surface area contributed by atoms with Gasteiger partial charge in [0.2, 0.25) is 0 Å². The highest BCUT2D eigenvalue weighted by Crippen LogP contribution is 2.33. The fourth-order valence-corrected chi connectivity index (χ4v) is 2.56. The molecule has 2 aliphatic rings. The van der Waals surface area contributed by atoms with E-state index in [0.29, 0.717) is 26.2 Å². The maximum Gasteiger partial charge on any atom is 0.161 e. The Morgan fingerprint density at radius 1 is 1.20 bits per heavy atom. The van der Waals surface area contributed by atoms with Gasteiger partial charge in [0.1, 0.15) is 0 Å². The summed E-state index contributed by atoms with van der Waals surface area (Å²) in [6, 6.07) is 5.87. The number of morpholine rings is 1. The van der Waals surface area contributed by atoms with E-state index in [-0.39, 0.29) is 6.04 Å². The normalized spacial score (nSPS) is 23.9. The van der Waals surface area contributed by atoms with Crippen molar-refractivity contribution < 1.29 is 19.3 Å². The third-order valence-corrected chi connectivity index (χ3v) is 3.66. The van der Waals surface area contributed by atoms with Crippen LogP contribution in [-0.4, -0.2) is 44.1 Å². The molecule has 2 heterocycles. The third-order valence-electron chi connectivity index (χ3n) is 3.66. The molecule has 1 aromatic rings. The second-order valence-corrected chi connectivity index (χ2v) is 5.23. The second-order valence-electron chi connectivity index (χ2n) is 5.23. The van der Waals surface area contributed by atoms with Crippen molar-refractivity contribution in [3.63, 3.8) is 0 Å². The molecule has 2 aliphatic heterocycles. The van der Waals surface area contributed by atoms with Crippen molar-refractivity contribution >= 4 is 0 Å². The van der Waals surface area contributed by atoms with E-state index in [9.17, 15) is 5.11 Å². The van der Waals surface area contributed by atoms with E-state index in [0.717, 1.165) is 36.6 Å². The van der Waals surface area contributed by atoms with E-state index in [1.807, 2.05) is 18.2 Å². The number of fused-ring (bicyclic) bond motifs is 1. The van der Waals surface area contributed by atoms with Gasteiger partial charge in [-0.05, 0) is 24.1 Å². The van der Waals surface area contributed by atoms with Gasteiger partial charge >= 0.3 is 0 Å². The number of hydrogen-bond donors (Lipinski definition) is 2. The maximum atomic E-state index is 10.4. The van der Waals surface area contributed by atoms with Gasteiger partial charge in [0.05, 0.1) is 32.5 Å². The lowest BCUT2D eigenvalue weighted by Crippen LogP contribution is -2.42. The predicted molar refractivity (Wildman–Crippen MR) is 74.2 cm³/mol. The molecule has 0 aliphatic carbocycles. The number of rotatable bonds is 3. The summed E-state index contributed by atoms with van der Waals surface area (Å²) >= 11 is 0. The van der Waals surface area contributed by atoms with Crippen LogP contribution in [0.1, 0.15) is 24.5 Å². The van der Waals surface area contributed by atoms with Crippen molar-refractivity contribution in [2.75, 3.05) is 33.0 Å². The molecule has 2 N–H and O–H groups in total. The van der Waals surface area contributed by atoms with Crippen LogP contribution < -0.4 is 14.8 Å². The molecule has 1 fully saturated rings. The summed E-state index contributed by atoms with van der Waals surface area (Å²) in [4.78, 5) is 0. The van der Waals surface area contributed by atoms with Gasteiger partial charge in [-0.1, -0.05) is 6.07 Å². The molecule has 1 saturated heterocycles. The molecule has 0 bridgehead atoms. The first-order chi connectivity index (χ1) is 9.83. The number of ether oxygens (including phenoxy) is 3. The predicted octanol–water partition coefficient (Wildman–Crippen LogP) is 1.26. The Morgan fingerprint density at radius 3 is 2.85 bits per heavy atom. The van der Waals surface area contributed by atoms with E-state index in [1.54, 1.807) is 0 Å². The summed E-state index contributed by atoms with van der Waals surface area (Å²) in [6.07, 6.45) is 1.00. The topological polar surface area (TPSA) is 60.0 Å². The average Bonchev–Trinajstić information content (AvgIpc) is 2.72. The number of aliphatic hydroxyl groups is 1. The molecular formula is C15H21NO4. The highest BCUT2D eigenvalue weighted by Gasteiger charge is 2.20. The summed E-state index contributed by atoms with van der Waals surface area (Å²) < 4.78 is 16.7. The summed E-state index contributed by atoms with van der Waals surface area (Å²) in [5, 5.41) is 13.7. The van der Waals surface area contributed by atoms with Crippen molar-refractivity contribution in [2.24, 2.45) is 0 Å². The number of benzene rings is 1. The van der Waals surface area contributed by atoms with Crippen molar-refractivity contribution in [3.8, 4) is 11.5 Å². The first-order valence-electron chi connectivity index (χ1n) is 7.21. The van der Waals surface area contributed by atoms with Gasteiger partial charge in [0.15, 0.2) is 11.5 Å². The van der Waals surface area contributed by atoms with Crippen molar-refractivity contribution in [3.05, 3.63) is 23.8 Å². The van der Waals surface area contributed by atoms with Crippen LogP contribution in [0.25, 0.3) is 0 Å². The number of hydrogen-bond acceptors (Lipinski definition) is 5. The molecule has 0 radical (unpaired) electrons. The molecule has 110 valence electrons. The first kappa shape index (κ1) is 13.7. The lowest BCUT2D eigenvalue weighted by molar-refractivity contribution is 0.0518. The third kappa shape index (κ3) is 3.23. The van der Waals surface area contributed by atoms with Crippen LogP contribution in [0.3, 0.4) is 0 Å². The Kier molecular flexibility index (Phi) is 4.40. The monoisotopic (exact) mass is 279 g/mol. The number of aliphatic hydroxyl groups excluding tert-OH is 1. The van der Waals surface area contributed by atoms with Gasteiger partial charge in [0, 0.05) is 19.0 Å². The lowest BCUT2D eigenvalue weighted by Gasteiger charge is -2.26. The Bertz CT molecular complexity index is 445. The van der Waals surface area contributed by atoms with Gasteiger partial charge in [-0.2, -0.15) is 0 Å². The van der Waals surface area contributed by atoms with Gasteiger partial charge in [-0.3, -0.25) is 0 Å². The van der Waals surface area contributed by atoms with E-state index in [2.05, 4.69) is 5.32 Å². The highest BCUT2D eigenvalue weighted by atomic mass is 16.5. The van der Waals surface area contributed by atoms with E-state index in [1.165, 1.54) is 0 Å². The molecule has 0 saturated carbocycles. The Hall–Kier alpha value is -1.30. The quantitative estimate of drug-likeness (QED) is 0.872. The molecule has 5 heteroatoms. The zero-order valence-electron chi connectivity index (χ0n) is 11.5. The van der Waals surface area contributed by atoms with Crippen LogP contribution in [0.4, 0.5) is 0 Å². The lowest BCUT2D eigenvalue weighted by atomic mass is 10.0. The number of nitrogens with one attached hydrogen (secondary N) is 1. The zero-order valence-corrected chi connectivity index (χ0v) is 11.5. The maximum absolute atomic E-state index is 10.4. The van der Waals surface area contributed by atoms with Crippen molar-refractivity contribution in [1.29, 1.82) is 0 Å². The molecule has 2 unspecified atom stereocenters. The van der Waals surface area contributed by atoms with Crippen LogP contribution in [0.2, 0.25) is 0 Å². The van der Waals surface area contributed by atoms with Gasteiger partial charge in [0.25, 0.3) is 0 Å². The average molecular weight is 279 g/mol. The Labute approximate surface area is 118 Å². The SMILES string of the molecule is OC(CC1COCCN1)c1ccc2c(c1)OCCCO2. The minimum absolute atomic E-state index is 0.203. The molecule has 0 aromatic heterocycles. The fraction of sp³-hybridized carbons (Fsp3) is 0.600. The Morgan fingerprint density at radius 2 is 2.05 bits per heavy atom. The Balaban J connectivity index is 1.67. The van der Waals surface area contributed by atoms with Crippen LogP contribution in [0.15, 0.2) is 18.2 Å². The van der Waals surface area contributed by atoms with Crippen molar-refractivity contribution in [2.45, 2.75) is 25.0 Å². The second kappa shape index (κ2) is 6.43. The van der Waals surface area contributed by atoms with Crippen LogP contribution in [0, 0.1) is 0 Å². The standard InChI is InChI=1S/C15H21NO4/c17-13(9-12-10-18-7-4-16-12)11-2-3-14-15(8-11)20-6-1-5-19-14/h2-3,8,12-13,16-17H,1,4-7,9-10H2. The summed E-state index contributed by atoms with van der Waals surface area (Å²) in [5.41, 5.74) is 0.863. The van der Waals surface area contributed by atoms with Crippen molar-refractivity contribution in [1.82, 2.24) is 5.32 Å². The molecule has 20 heavy (non-hydrogen) atoms. The molecule has 1 aromatic carbocycles. The fourth-order valence-electron chi connectivity index (χ4n) is 2.56. The molecular weight excluding hydrogens is 258 g/mol. The molecule has 0 amide bonds. The van der Waals surface area contributed by atoms with E-state index >= 15 is 0 Å². The van der Waals surface area contributed by atoms with Gasteiger partial charge in [-0.25, -0.2) is 0 Å². The largest absolute Gasteiger partial charge is 0.490 e. The van der Waals surface area contributed by atoms with Crippen LogP contribution in [0.5, 0.6) is 11.5 Å². The molecule has 3 rings (SSSR count). The minimum atomic E-state index is -0.522. The molecule has 0 spiro atoms. The van der Waals surface area contributed by atoms with E-state index < -0.39 is 6.10 Å². The molecule has 5 nitrogen and oxygen atoms in total. The summed E-state index contributed by atoms with van der Waals surface area (Å²) in [5.74, 6) is 1.49. The smallest absolute Gasteiger partial charge is 0.161 e. The minimum Gasteiger partial charge on any atom is -0.490 e. The van der Waals surface area contributed by atoms with Crippen LogP contribution >= 0.6 is 0 Å². The van der Waals surface area contributed by atoms with Gasteiger partial charge < -0.3 is 24.6 Å². The highest BCUT2D eigenvalue weighted by molar-refractivity contribution is 5.44. The summed E-state index contributed by atoms with van der Waals surface area (Å²) in [6.45, 7) is 3.58. The van der Waals surface area contributed by atoms with Crippen LogP contribution in [-0.2, 0) is 4.74 Å². The molecule has 2 atom stereocenters. The van der Waals surface area contributed by atoms with Gasteiger partial charge in [-0.15, -0.1) is 0 Å². The first-order valence-corrected chi connectivity index (χ1v) is 7.21. The zero-order chi connectivity index (χ0) is 13.8.